The van der Waals surface area contributed by atoms with Crippen molar-refractivity contribution in [1.29, 1.82) is 0 Å². The molecular formula is C26H26ClN3O3S. The number of thiophene rings is 1. The van der Waals surface area contributed by atoms with E-state index in [-0.39, 0.29) is 12.5 Å². The molecule has 2 heterocycles. The lowest BCUT2D eigenvalue weighted by molar-refractivity contribution is -0.127. The molecule has 0 spiro atoms. The quantitative estimate of drug-likeness (QED) is 0.473. The van der Waals surface area contributed by atoms with Gasteiger partial charge in [0, 0.05) is 53.6 Å². The molecule has 34 heavy (non-hydrogen) atoms. The molecule has 4 rings (SSSR count). The number of carbonyl (C=O) groups is 2. The summed E-state index contributed by atoms with van der Waals surface area (Å²) >= 11 is 7.90. The number of ether oxygens (including phenoxy) is 1. The highest BCUT2D eigenvalue weighted by Crippen LogP contribution is 2.30. The zero-order valence-electron chi connectivity index (χ0n) is 18.7. The van der Waals surface area contributed by atoms with Gasteiger partial charge in [-0.15, -0.1) is 11.3 Å². The fourth-order valence-corrected chi connectivity index (χ4v) is 4.95. The van der Waals surface area contributed by atoms with E-state index in [2.05, 4.69) is 23.1 Å². The van der Waals surface area contributed by atoms with Gasteiger partial charge in [0.2, 0.25) is 5.91 Å². The molecule has 1 fully saturated rings. The van der Waals surface area contributed by atoms with Crippen molar-refractivity contribution in [1.82, 2.24) is 9.80 Å². The van der Waals surface area contributed by atoms with Crippen LogP contribution in [0.15, 0.2) is 66.7 Å². The lowest BCUT2D eigenvalue weighted by Gasteiger charge is -2.34. The number of nitrogens with zero attached hydrogens (tertiary/aromatic N) is 2. The van der Waals surface area contributed by atoms with Gasteiger partial charge in [0.05, 0.1) is 0 Å². The highest BCUT2D eigenvalue weighted by Gasteiger charge is 2.20. The highest BCUT2D eigenvalue weighted by atomic mass is 35.5. The standard InChI is InChI=1S/C26H26ClN3O3S/c27-21-3-1-2-20(16-21)24-10-9-23(34-24)17-29-12-14-30(15-13-29)26(32)11-6-19-4-7-22(8-5-19)33-18-25(28)31/h1-11,16H,12-15,17-18H2,(H2,28,31)/b11-6+. The molecule has 2 N–H and O–H groups in total. The molecule has 0 unspecified atom stereocenters. The van der Waals surface area contributed by atoms with E-state index >= 15 is 0 Å². The van der Waals surface area contributed by atoms with Crippen LogP contribution in [-0.2, 0) is 16.1 Å². The maximum atomic E-state index is 12.6. The smallest absolute Gasteiger partial charge is 0.255 e. The first-order chi connectivity index (χ1) is 16.5. The molecule has 0 aliphatic carbocycles. The molecule has 0 saturated carbocycles. The summed E-state index contributed by atoms with van der Waals surface area (Å²) in [6.07, 6.45) is 3.39. The van der Waals surface area contributed by atoms with Crippen molar-refractivity contribution in [2.75, 3.05) is 32.8 Å². The fourth-order valence-electron chi connectivity index (χ4n) is 3.71. The Bertz CT molecular complexity index is 1170. The molecule has 1 aromatic heterocycles. The number of nitrogens with two attached hydrogens (primary N) is 1. The molecule has 0 atom stereocenters. The van der Waals surface area contributed by atoms with Gasteiger partial charge in [-0.3, -0.25) is 14.5 Å². The summed E-state index contributed by atoms with van der Waals surface area (Å²) in [5.41, 5.74) is 7.09. The number of halogens is 1. The number of benzene rings is 2. The van der Waals surface area contributed by atoms with Crippen molar-refractivity contribution >= 4 is 40.8 Å². The summed E-state index contributed by atoms with van der Waals surface area (Å²) < 4.78 is 5.24. The Hall–Kier alpha value is -3.13. The Morgan fingerprint density at radius 2 is 1.79 bits per heavy atom. The van der Waals surface area contributed by atoms with E-state index in [1.807, 2.05) is 35.2 Å². The second kappa shape index (κ2) is 11.3. The number of piperazine rings is 1. The van der Waals surface area contributed by atoms with E-state index in [1.54, 1.807) is 35.6 Å². The van der Waals surface area contributed by atoms with Crippen LogP contribution in [-0.4, -0.2) is 54.4 Å². The first-order valence-corrected chi connectivity index (χ1v) is 12.2. The van der Waals surface area contributed by atoms with Crippen molar-refractivity contribution in [3.63, 3.8) is 0 Å². The molecule has 1 saturated heterocycles. The second-order valence-corrected chi connectivity index (χ2v) is 9.64. The van der Waals surface area contributed by atoms with Gasteiger partial charge in [0.1, 0.15) is 5.75 Å². The molecule has 8 heteroatoms. The van der Waals surface area contributed by atoms with Crippen molar-refractivity contribution in [3.8, 4) is 16.2 Å². The van der Waals surface area contributed by atoms with Gasteiger partial charge < -0.3 is 15.4 Å². The fraction of sp³-hybridized carbons (Fsp3) is 0.231. The Balaban J connectivity index is 1.24. The third kappa shape index (κ3) is 6.70. The largest absolute Gasteiger partial charge is 0.484 e. The zero-order valence-corrected chi connectivity index (χ0v) is 20.2. The van der Waals surface area contributed by atoms with Crippen LogP contribution >= 0.6 is 22.9 Å². The molecule has 176 valence electrons. The van der Waals surface area contributed by atoms with Crippen LogP contribution in [0.2, 0.25) is 5.02 Å². The molecule has 1 aliphatic heterocycles. The molecule has 0 radical (unpaired) electrons. The van der Waals surface area contributed by atoms with E-state index in [0.29, 0.717) is 18.8 Å². The number of amides is 2. The lowest BCUT2D eigenvalue weighted by atomic mass is 10.2. The SMILES string of the molecule is NC(=O)COc1ccc(/C=C/C(=O)N2CCN(Cc3ccc(-c4cccc(Cl)c4)s3)CC2)cc1. The normalized spacial score (nSPS) is 14.4. The van der Waals surface area contributed by atoms with Crippen LogP contribution in [0.5, 0.6) is 5.75 Å². The van der Waals surface area contributed by atoms with Crippen LogP contribution < -0.4 is 10.5 Å². The van der Waals surface area contributed by atoms with Crippen LogP contribution in [0.3, 0.4) is 0 Å². The maximum Gasteiger partial charge on any atom is 0.255 e. The monoisotopic (exact) mass is 495 g/mol. The summed E-state index contributed by atoms with van der Waals surface area (Å²) in [5, 5.41) is 0.744. The van der Waals surface area contributed by atoms with E-state index in [4.69, 9.17) is 22.1 Å². The zero-order chi connectivity index (χ0) is 23.9. The van der Waals surface area contributed by atoms with Crippen molar-refractivity contribution < 1.29 is 14.3 Å². The Morgan fingerprint density at radius 3 is 2.50 bits per heavy atom. The minimum atomic E-state index is -0.521. The topological polar surface area (TPSA) is 75.9 Å². The molecule has 2 amide bonds. The van der Waals surface area contributed by atoms with Gasteiger partial charge >= 0.3 is 0 Å². The minimum absolute atomic E-state index is 0.00747. The third-order valence-corrected chi connectivity index (χ3v) is 6.87. The predicted octanol–water partition coefficient (Wildman–Crippen LogP) is 4.29. The highest BCUT2D eigenvalue weighted by molar-refractivity contribution is 7.15. The summed E-state index contributed by atoms with van der Waals surface area (Å²) in [5.74, 6) is 0.0456. The van der Waals surface area contributed by atoms with Crippen LogP contribution in [0, 0.1) is 0 Å². The number of primary amides is 1. The van der Waals surface area contributed by atoms with E-state index < -0.39 is 5.91 Å². The number of hydrogen-bond acceptors (Lipinski definition) is 5. The van der Waals surface area contributed by atoms with E-state index in [1.165, 1.54) is 9.75 Å². The first-order valence-electron chi connectivity index (χ1n) is 11.0. The minimum Gasteiger partial charge on any atom is -0.484 e. The van der Waals surface area contributed by atoms with E-state index in [0.717, 1.165) is 35.8 Å². The van der Waals surface area contributed by atoms with Gasteiger partial charge in [-0.2, -0.15) is 0 Å². The molecule has 6 nitrogen and oxygen atoms in total. The summed E-state index contributed by atoms with van der Waals surface area (Å²) in [6.45, 7) is 3.82. The Morgan fingerprint density at radius 1 is 1.03 bits per heavy atom. The van der Waals surface area contributed by atoms with Crippen molar-refractivity contribution in [2.24, 2.45) is 5.73 Å². The van der Waals surface area contributed by atoms with Crippen LogP contribution in [0.25, 0.3) is 16.5 Å². The van der Waals surface area contributed by atoms with Gasteiger partial charge in [-0.1, -0.05) is 35.9 Å². The lowest BCUT2D eigenvalue weighted by Crippen LogP contribution is -2.47. The summed E-state index contributed by atoms with van der Waals surface area (Å²) in [7, 11) is 0. The average molecular weight is 496 g/mol. The predicted molar refractivity (Wildman–Crippen MR) is 137 cm³/mol. The average Bonchev–Trinajstić information content (AvgIpc) is 3.31. The molecule has 1 aliphatic rings. The second-order valence-electron chi connectivity index (χ2n) is 8.04. The molecule has 3 aromatic rings. The van der Waals surface area contributed by atoms with Crippen LogP contribution in [0.1, 0.15) is 10.4 Å². The Kier molecular flexibility index (Phi) is 8.00. The van der Waals surface area contributed by atoms with Crippen LogP contribution in [0.4, 0.5) is 0 Å². The number of rotatable bonds is 8. The Labute approximate surface area is 208 Å². The van der Waals surface area contributed by atoms with Crippen molar-refractivity contribution in [2.45, 2.75) is 6.54 Å². The van der Waals surface area contributed by atoms with Gasteiger partial charge in [-0.05, 0) is 53.6 Å². The van der Waals surface area contributed by atoms with Gasteiger partial charge in [0.15, 0.2) is 6.61 Å². The summed E-state index contributed by atoms with van der Waals surface area (Å²) in [6, 6.07) is 19.4. The third-order valence-electron chi connectivity index (χ3n) is 5.51. The van der Waals surface area contributed by atoms with Gasteiger partial charge in [0.25, 0.3) is 5.91 Å². The molecule has 0 bridgehead atoms. The van der Waals surface area contributed by atoms with Gasteiger partial charge in [-0.25, -0.2) is 0 Å². The van der Waals surface area contributed by atoms with E-state index in [9.17, 15) is 9.59 Å². The van der Waals surface area contributed by atoms with Crippen molar-refractivity contribution in [3.05, 3.63) is 82.2 Å². The summed E-state index contributed by atoms with van der Waals surface area (Å²) in [4.78, 5) is 30.2. The maximum absolute atomic E-state index is 12.6. The number of hydrogen-bond donors (Lipinski definition) is 1. The molecular weight excluding hydrogens is 470 g/mol. The molecule has 2 aromatic carbocycles. The first kappa shape index (κ1) is 24.0. The number of carbonyl (C=O) groups excluding carboxylic acids is 2.